The molecule has 0 radical (unpaired) electrons. The molecule has 1 atom stereocenters. The molecule has 1 aromatic carbocycles. The first-order chi connectivity index (χ1) is 8.54. The molecule has 1 heterocycles. The van der Waals surface area contributed by atoms with Crippen LogP contribution in [0.5, 0.6) is 0 Å². The minimum atomic E-state index is 0.386. The third kappa shape index (κ3) is 2.81. The highest BCUT2D eigenvalue weighted by Gasteiger charge is 2.35. The molecule has 2 rings (SSSR count). The Hall–Kier alpha value is -0.730. The Morgan fingerprint density at radius 1 is 1.39 bits per heavy atom. The van der Waals surface area contributed by atoms with E-state index in [-0.39, 0.29) is 0 Å². The Morgan fingerprint density at radius 2 is 2.11 bits per heavy atom. The topological polar surface area (TPSA) is 29.3 Å². The van der Waals surface area contributed by atoms with Crippen LogP contribution in [0, 0.1) is 11.3 Å². The molecule has 0 aliphatic carbocycles. The van der Waals surface area contributed by atoms with Crippen molar-refractivity contribution in [3.63, 3.8) is 0 Å². The zero-order valence-corrected chi connectivity index (χ0v) is 12.1. The van der Waals surface area contributed by atoms with E-state index in [0.29, 0.717) is 11.3 Å². The fourth-order valence-electron chi connectivity index (χ4n) is 2.84. The molecule has 2 N–H and O–H groups in total. The van der Waals surface area contributed by atoms with Crippen molar-refractivity contribution >= 4 is 17.3 Å². The molecule has 1 aliphatic heterocycles. The van der Waals surface area contributed by atoms with Crippen LogP contribution in [0.25, 0.3) is 0 Å². The van der Waals surface area contributed by atoms with Gasteiger partial charge in [0.1, 0.15) is 0 Å². The van der Waals surface area contributed by atoms with Crippen LogP contribution < -0.4 is 10.6 Å². The largest absolute Gasteiger partial charge is 0.370 e. The van der Waals surface area contributed by atoms with Gasteiger partial charge in [-0.3, -0.25) is 0 Å². The van der Waals surface area contributed by atoms with E-state index in [1.165, 1.54) is 6.42 Å². The average Bonchev–Trinajstić information content (AvgIpc) is 2.33. The molecule has 18 heavy (non-hydrogen) atoms. The molecular formula is C15H23ClN2. The summed E-state index contributed by atoms with van der Waals surface area (Å²) in [7, 11) is 0. The second-order valence-corrected chi connectivity index (χ2v) is 6.32. The summed E-state index contributed by atoms with van der Waals surface area (Å²) in [6, 6.07) is 8.12. The van der Waals surface area contributed by atoms with Crippen LogP contribution in [-0.4, -0.2) is 19.6 Å². The van der Waals surface area contributed by atoms with Gasteiger partial charge in [0.2, 0.25) is 0 Å². The summed E-state index contributed by atoms with van der Waals surface area (Å²) in [5.41, 5.74) is 7.30. The number of anilines is 1. The van der Waals surface area contributed by atoms with Crippen molar-refractivity contribution in [2.75, 3.05) is 24.5 Å². The maximum absolute atomic E-state index is 6.29. The lowest BCUT2D eigenvalue weighted by atomic mass is 9.72. The molecule has 0 saturated carbocycles. The molecule has 2 nitrogen and oxygen atoms in total. The number of nitrogens with zero attached hydrogens (tertiary/aromatic N) is 1. The fraction of sp³-hybridized carbons (Fsp3) is 0.600. The van der Waals surface area contributed by atoms with E-state index in [4.69, 9.17) is 17.3 Å². The molecule has 3 heteroatoms. The fourth-order valence-corrected chi connectivity index (χ4v) is 3.10. The highest BCUT2D eigenvalue weighted by molar-refractivity contribution is 6.33. The van der Waals surface area contributed by atoms with E-state index in [1.54, 1.807) is 0 Å². The van der Waals surface area contributed by atoms with Gasteiger partial charge in [0.05, 0.1) is 10.7 Å². The monoisotopic (exact) mass is 266 g/mol. The van der Waals surface area contributed by atoms with Crippen molar-refractivity contribution in [3.8, 4) is 0 Å². The highest BCUT2D eigenvalue weighted by atomic mass is 35.5. The number of hydrogen-bond donors (Lipinski definition) is 1. The van der Waals surface area contributed by atoms with Gasteiger partial charge in [0.25, 0.3) is 0 Å². The van der Waals surface area contributed by atoms with Gasteiger partial charge >= 0.3 is 0 Å². The molecule has 0 aromatic heterocycles. The first-order valence-corrected chi connectivity index (χ1v) is 7.12. The minimum Gasteiger partial charge on any atom is -0.370 e. The highest BCUT2D eigenvalue weighted by Crippen LogP contribution is 2.40. The third-order valence-electron chi connectivity index (χ3n) is 4.28. The lowest BCUT2D eigenvalue weighted by molar-refractivity contribution is 0.163. The smallest absolute Gasteiger partial charge is 0.0639 e. The van der Waals surface area contributed by atoms with Gasteiger partial charge in [-0.1, -0.05) is 37.6 Å². The normalized spacial score (nSPS) is 23.1. The van der Waals surface area contributed by atoms with E-state index < -0.39 is 0 Å². The van der Waals surface area contributed by atoms with Crippen LogP contribution in [-0.2, 0) is 0 Å². The maximum atomic E-state index is 6.29. The quantitative estimate of drug-likeness (QED) is 0.907. The first kappa shape index (κ1) is 13.7. The third-order valence-corrected chi connectivity index (χ3v) is 4.60. The lowest BCUT2D eigenvalue weighted by Crippen LogP contribution is -2.45. The second kappa shape index (κ2) is 5.50. The van der Waals surface area contributed by atoms with Gasteiger partial charge in [-0.15, -0.1) is 0 Å². The number of piperidine rings is 1. The predicted octanol–water partition coefficient (Wildman–Crippen LogP) is 3.54. The number of para-hydroxylation sites is 1. The SMILES string of the molecule is CC1(C)CCN(c2ccccc2Cl)CC1CCN. The Kier molecular flexibility index (Phi) is 4.18. The second-order valence-electron chi connectivity index (χ2n) is 5.91. The van der Waals surface area contributed by atoms with Gasteiger partial charge in [0, 0.05) is 13.1 Å². The van der Waals surface area contributed by atoms with Crippen LogP contribution in [0.2, 0.25) is 5.02 Å². The van der Waals surface area contributed by atoms with E-state index in [0.717, 1.165) is 36.8 Å². The van der Waals surface area contributed by atoms with Crippen molar-refractivity contribution < 1.29 is 0 Å². The molecule has 0 amide bonds. The summed E-state index contributed by atoms with van der Waals surface area (Å²) in [5, 5.41) is 0.851. The molecule has 0 bridgehead atoms. The van der Waals surface area contributed by atoms with E-state index >= 15 is 0 Å². The van der Waals surface area contributed by atoms with Gasteiger partial charge in [0.15, 0.2) is 0 Å². The van der Waals surface area contributed by atoms with E-state index in [2.05, 4.69) is 30.9 Å². The lowest BCUT2D eigenvalue weighted by Gasteiger charge is -2.45. The van der Waals surface area contributed by atoms with Crippen molar-refractivity contribution in [1.29, 1.82) is 0 Å². The number of hydrogen-bond acceptors (Lipinski definition) is 2. The summed E-state index contributed by atoms with van der Waals surface area (Å²) < 4.78 is 0. The van der Waals surface area contributed by atoms with Crippen LogP contribution in [0.3, 0.4) is 0 Å². The number of halogens is 1. The van der Waals surface area contributed by atoms with Crippen molar-refractivity contribution in [2.45, 2.75) is 26.7 Å². The molecule has 1 unspecified atom stereocenters. The molecule has 1 aliphatic rings. The van der Waals surface area contributed by atoms with Crippen molar-refractivity contribution in [2.24, 2.45) is 17.1 Å². The van der Waals surface area contributed by atoms with Gasteiger partial charge in [-0.2, -0.15) is 0 Å². The van der Waals surface area contributed by atoms with Crippen LogP contribution in [0.1, 0.15) is 26.7 Å². The van der Waals surface area contributed by atoms with Gasteiger partial charge in [-0.05, 0) is 42.9 Å². The summed E-state index contributed by atoms with van der Waals surface area (Å²) in [6.07, 6.45) is 2.29. The summed E-state index contributed by atoms with van der Waals surface area (Å²) in [4.78, 5) is 2.41. The van der Waals surface area contributed by atoms with Crippen LogP contribution in [0.4, 0.5) is 5.69 Å². The van der Waals surface area contributed by atoms with E-state index in [9.17, 15) is 0 Å². The summed E-state index contributed by atoms with van der Waals surface area (Å²) in [5.74, 6) is 0.646. The number of rotatable bonds is 3. The molecular weight excluding hydrogens is 244 g/mol. The molecule has 0 spiro atoms. The Balaban J connectivity index is 2.16. The molecule has 1 saturated heterocycles. The Bertz CT molecular complexity index is 403. The van der Waals surface area contributed by atoms with Crippen LogP contribution >= 0.6 is 11.6 Å². The van der Waals surface area contributed by atoms with Crippen LogP contribution in [0.15, 0.2) is 24.3 Å². The molecule has 100 valence electrons. The molecule has 1 fully saturated rings. The predicted molar refractivity (Wildman–Crippen MR) is 79.2 cm³/mol. The minimum absolute atomic E-state index is 0.386. The molecule has 1 aromatic rings. The summed E-state index contributed by atoms with van der Waals surface area (Å²) in [6.45, 7) is 7.63. The standard InChI is InChI=1S/C15H23ClN2/c1-15(2)8-10-18(11-12(15)7-9-17)14-6-4-3-5-13(14)16/h3-6,12H,7-11,17H2,1-2H3. The zero-order chi connectivity index (χ0) is 13.2. The number of benzene rings is 1. The van der Waals surface area contributed by atoms with Crippen molar-refractivity contribution in [3.05, 3.63) is 29.3 Å². The van der Waals surface area contributed by atoms with Gasteiger partial charge < -0.3 is 10.6 Å². The average molecular weight is 267 g/mol. The Labute approximate surface area is 115 Å². The first-order valence-electron chi connectivity index (χ1n) is 6.74. The van der Waals surface area contributed by atoms with E-state index in [1.807, 2.05) is 12.1 Å². The Morgan fingerprint density at radius 3 is 2.78 bits per heavy atom. The number of nitrogens with two attached hydrogens (primary N) is 1. The maximum Gasteiger partial charge on any atom is 0.0639 e. The summed E-state index contributed by atoms with van der Waals surface area (Å²) >= 11 is 6.29. The van der Waals surface area contributed by atoms with Gasteiger partial charge in [-0.25, -0.2) is 0 Å². The van der Waals surface area contributed by atoms with Crippen molar-refractivity contribution in [1.82, 2.24) is 0 Å². The zero-order valence-electron chi connectivity index (χ0n) is 11.3.